The monoisotopic (exact) mass is 266 g/mol. The van der Waals surface area contributed by atoms with Gasteiger partial charge < -0.3 is 4.52 Å². The third-order valence-electron chi connectivity index (χ3n) is 3.30. The van der Waals surface area contributed by atoms with Crippen LogP contribution in [0, 0.1) is 0 Å². The molecule has 0 aromatic rings. The van der Waals surface area contributed by atoms with Gasteiger partial charge in [-0.15, -0.1) is 11.6 Å². The Hall–Kier alpha value is 0.400. The second kappa shape index (κ2) is 4.95. The molecule has 0 spiro atoms. The van der Waals surface area contributed by atoms with E-state index in [0.717, 1.165) is 25.9 Å². The van der Waals surface area contributed by atoms with Gasteiger partial charge in [-0.3, -0.25) is 4.57 Å². The lowest BCUT2D eigenvalue weighted by Gasteiger charge is -2.21. The Morgan fingerprint density at radius 1 is 1.25 bits per heavy atom. The fourth-order valence-corrected chi connectivity index (χ4v) is 5.13. The van der Waals surface area contributed by atoms with Crippen molar-refractivity contribution in [2.75, 3.05) is 25.6 Å². The zero-order valence-electron chi connectivity index (χ0n) is 9.93. The Morgan fingerprint density at radius 3 is 2.06 bits per heavy atom. The number of hydrogen-bond donors (Lipinski definition) is 0. The predicted molar refractivity (Wildman–Crippen MR) is 65.8 cm³/mol. The second-order valence-corrected chi connectivity index (χ2v) is 7.03. The molecule has 0 bridgehead atoms. The summed E-state index contributed by atoms with van der Waals surface area (Å²) in [6.45, 7) is 6.43. The zero-order chi connectivity index (χ0) is 11.8. The van der Waals surface area contributed by atoms with Crippen molar-refractivity contribution in [3.8, 4) is 0 Å². The van der Waals surface area contributed by atoms with Gasteiger partial charge in [0.15, 0.2) is 0 Å². The van der Waals surface area contributed by atoms with Crippen molar-refractivity contribution < 1.29 is 9.09 Å². The van der Waals surface area contributed by atoms with Gasteiger partial charge in [0, 0.05) is 31.1 Å². The van der Waals surface area contributed by atoms with Crippen LogP contribution in [0.5, 0.6) is 0 Å². The number of halogens is 1. The molecular weight excluding hydrogens is 247 g/mol. The Bertz CT molecular complexity index is 281. The van der Waals surface area contributed by atoms with Crippen molar-refractivity contribution in [2.24, 2.45) is 0 Å². The van der Waals surface area contributed by atoms with Crippen LogP contribution < -0.4 is 0 Å². The third kappa shape index (κ3) is 2.32. The van der Waals surface area contributed by atoms with Gasteiger partial charge in [-0.1, -0.05) is 13.8 Å². The molecule has 0 aromatic heterocycles. The van der Waals surface area contributed by atoms with Crippen LogP contribution in [0.1, 0.15) is 26.7 Å². The molecule has 2 saturated heterocycles. The number of nitrogens with zero attached hydrogens (tertiary/aromatic N) is 2. The molecule has 2 aliphatic heterocycles. The van der Waals surface area contributed by atoms with Crippen LogP contribution in [0.15, 0.2) is 0 Å². The Labute approximate surface area is 102 Å². The van der Waals surface area contributed by atoms with Crippen LogP contribution in [0.2, 0.25) is 0 Å². The van der Waals surface area contributed by atoms with Gasteiger partial charge in [0.2, 0.25) is 0 Å². The van der Waals surface area contributed by atoms with Crippen LogP contribution >= 0.6 is 19.3 Å². The summed E-state index contributed by atoms with van der Waals surface area (Å²) in [5.41, 5.74) is 0. The van der Waals surface area contributed by atoms with E-state index >= 15 is 0 Å². The molecule has 4 atom stereocenters. The predicted octanol–water partition coefficient (Wildman–Crippen LogP) is 2.54. The average molecular weight is 267 g/mol. The van der Waals surface area contributed by atoms with E-state index < -0.39 is 7.67 Å². The summed E-state index contributed by atoms with van der Waals surface area (Å²) in [4.78, 5) is 0. The first-order valence-corrected chi connectivity index (χ1v) is 8.08. The van der Waals surface area contributed by atoms with Crippen molar-refractivity contribution in [3.63, 3.8) is 0 Å². The van der Waals surface area contributed by atoms with Gasteiger partial charge in [0.05, 0.1) is 6.61 Å². The average Bonchev–Trinajstić information content (AvgIpc) is 3.17. The summed E-state index contributed by atoms with van der Waals surface area (Å²) in [6, 6.07) is 0.888. The van der Waals surface area contributed by atoms with Crippen LogP contribution in [0.4, 0.5) is 0 Å². The lowest BCUT2D eigenvalue weighted by Crippen LogP contribution is -2.13. The molecule has 94 valence electrons. The molecule has 2 unspecified atom stereocenters. The number of alkyl halides is 1. The quantitative estimate of drug-likeness (QED) is 0.403. The van der Waals surface area contributed by atoms with Crippen molar-refractivity contribution in [1.29, 1.82) is 0 Å². The topological polar surface area (TPSA) is 32.3 Å². The fourth-order valence-electron chi connectivity index (χ4n) is 2.09. The molecule has 2 rings (SSSR count). The Morgan fingerprint density at radius 2 is 1.75 bits per heavy atom. The van der Waals surface area contributed by atoms with Gasteiger partial charge in [-0.25, -0.2) is 9.34 Å². The van der Waals surface area contributed by atoms with Gasteiger partial charge in [-0.2, -0.15) is 0 Å². The van der Waals surface area contributed by atoms with E-state index in [9.17, 15) is 4.57 Å². The standard InChI is InChI=1S/C10H20ClN2O2P/c1-3-9-7-12(9)16(14,15-6-5-11)13-8-10(13)4-2/h9-10H,3-8H2,1-2H3/t9-,10-,12?,13?,16?/m1/s1. The Balaban J connectivity index is 2.00. The molecule has 6 heteroatoms. The molecule has 16 heavy (non-hydrogen) atoms. The summed E-state index contributed by atoms with van der Waals surface area (Å²) in [7, 11) is -2.72. The lowest BCUT2D eigenvalue weighted by atomic mass is 10.4. The first kappa shape index (κ1) is 12.8. The number of hydrogen-bond acceptors (Lipinski definition) is 2. The highest BCUT2D eigenvalue weighted by atomic mass is 35.5. The maximum Gasteiger partial charge on any atom is 0.346 e. The minimum Gasteiger partial charge on any atom is -0.305 e. The molecule has 0 aromatic carbocycles. The minimum absolute atomic E-state index is 0.374. The fraction of sp³-hybridized carbons (Fsp3) is 1.00. The summed E-state index contributed by atoms with van der Waals surface area (Å²) in [6.07, 6.45) is 2.08. The van der Waals surface area contributed by atoms with Gasteiger partial charge in [0.25, 0.3) is 0 Å². The normalized spacial score (nSPS) is 40.4. The minimum atomic E-state index is -2.72. The van der Waals surface area contributed by atoms with Gasteiger partial charge >= 0.3 is 7.67 Å². The molecule has 2 fully saturated rings. The van der Waals surface area contributed by atoms with Crippen LogP contribution in [0.3, 0.4) is 0 Å². The SMILES string of the molecule is CC[C@@H]1CN1P(=O)(OCCCl)N1C[C@H]1CC. The van der Waals surface area contributed by atoms with E-state index in [1.807, 2.05) is 9.34 Å². The Kier molecular flexibility index (Phi) is 3.97. The summed E-state index contributed by atoms with van der Waals surface area (Å²) >= 11 is 5.62. The van der Waals surface area contributed by atoms with Crippen LogP contribution in [0.25, 0.3) is 0 Å². The van der Waals surface area contributed by atoms with E-state index in [0.29, 0.717) is 24.6 Å². The maximum atomic E-state index is 12.8. The molecule has 2 heterocycles. The van der Waals surface area contributed by atoms with Crippen molar-refractivity contribution in [3.05, 3.63) is 0 Å². The molecule has 2 aliphatic rings. The zero-order valence-corrected chi connectivity index (χ0v) is 11.6. The summed E-state index contributed by atoms with van der Waals surface area (Å²) in [5, 5.41) is 0. The lowest BCUT2D eigenvalue weighted by molar-refractivity contribution is 0.283. The van der Waals surface area contributed by atoms with E-state index in [-0.39, 0.29) is 0 Å². The van der Waals surface area contributed by atoms with Crippen LogP contribution in [-0.4, -0.2) is 47.0 Å². The summed E-state index contributed by atoms with van der Waals surface area (Å²) in [5.74, 6) is 0.402. The van der Waals surface area contributed by atoms with Crippen molar-refractivity contribution >= 4 is 19.3 Å². The van der Waals surface area contributed by atoms with Gasteiger partial charge in [0.1, 0.15) is 0 Å². The number of rotatable bonds is 7. The van der Waals surface area contributed by atoms with E-state index in [1.165, 1.54) is 0 Å². The highest BCUT2D eigenvalue weighted by molar-refractivity contribution is 7.54. The smallest absolute Gasteiger partial charge is 0.305 e. The first-order valence-electron chi connectivity index (χ1n) is 6.02. The van der Waals surface area contributed by atoms with E-state index in [4.69, 9.17) is 16.1 Å². The van der Waals surface area contributed by atoms with E-state index in [2.05, 4.69) is 13.8 Å². The van der Waals surface area contributed by atoms with E-state index in [1.54, 1.807) is 0 Å². The van der Waals surface area contributed by atoms with Gasteiger partial charge in [-0.05, 0) is 12.8 Å². The molecule has 0 N–H and O–H groups in total. The highest BCUT2D eigenvalue weighted by Crippen LogP contribution is 2.65. The second-order valence-electron chi connectivity index (χ2n) is 4.38. The van der Waals surface area contributed by atoms with Crippen LogP contribution in [-0.2, 0) is 9.09 Å². The molecule has 0 aliphatic carbocycles. The van der Waals surface area contributed by atoms with Crippen molar-refractivity contribution in [1.82, 2.24) is 9.34 Å². The molecule has 0 amide bonds. The summed E-state index contributed by atoms with van der Waals surface area (Å²) < 4.78 is 22.4. The van der Waals surface area contributed by atoms with Crippen molar-refractivity contribution in [2.45, 2.75) is 38.8 Å². The highest BCUT2D eigenvalue weighted by Gasteiger charge is 2.57. The molecule has 0 saturated carbocycles. The molecule has 0 radical (unpaired) electrons. The largest absolute Gasteiger partial charge is 0.346 e. The maximum absolute atomic E-state index is 12.8. The molecule has 4 nitrogen and oxygen atoms in total. The third-order valence-corrected chi connectivity index (χ3v) is 6.25. The first-order chi connectivity index (χ1) is 7.67. The molecular formula is C10H20ClN2O2P.